The van der Waals surface area contributed by atoms with Crippen molar-refractivity contribution in [1.82, 2.24) is 10.3 Å². The number of carbonyl (C=O) groups is 2. The number of carboxylic acids is 1. The molecule has 0 radical (unpaired) electrons. The molecule has 24 heavy (non-hydrogen) atoms. The first-order valence-electron chi connectivity index (χ1n) is 7.78. The number of benzene rings is 1. The van der Waals surface area contributed by atoms with E-state index in [0.717, 1.165) is 5.56 Å². The van der Waals surface area contributed by atoms with Crippen molar-refractivity contribution < 1.29 is 19.4 Å². The first-order valence-corrected chi connectivity index (χ1v) is 7.78. The van der Waals surface area contributed by atoms with Crippen LogP contribution in [0.3, 0.4) is 0 Å². The second-order valence-electron chi connectivity index (χ2n) is 5.27. The minimum absolute atomic E-state index is 0.116. The largest absolute Gasteiger partial charge is 0.481 e. The van der Waals surface area contributed by atoms with Crippen LogP contribution in [-0.2, 0) is 11.4 Å². The van der Waals surface area contributed by atoms with Gasteiger partial charge in [-0.2, -0.15) is 0 Å². The highest BCUT2D eigenvalue weighted by Gasteiger charge is 2.06. The molecule has 1 aromatic heterocycles. The van der Waals surface area contributed by atoms with E-state index in [1.807, 2.05) is 30.3 Å². The maximum atomic E-state index is 11.9. The maximum Gasteiger partial charge on any atom is 0.303 e. The van der Waals surface area contributed by atoms with E-state index in [2.05, 4.69) is 10.3 Å². The van der Waals surface area contributed by atoms with Crippen LogP contribution >= 0.6 is 0 Å². The molecule has 0 saturated carbocycles. The van der Waals surface area contributed by atoms with E-state index < -0.39 is 5.97 Å². The van der Waals surface area contributed by atoms with Gasteiger partial charge in [0.15, 0.2) is 0 Å². The summed E-state index contributed by atoms with van der Waals surface area (Å²) in [5.41, 5.74) is 1.49. The summed E-state index contributed by atoms with van der Waals surface area (Å²) in [7, 11) is 0. The molecule has 126 valence electrons. The van der Waals surface area contributed by atoms with Crippen LogP contribution in [0.15, 0.2) is 48.7 Å². The van der Waals surface area contributed by atoms with E-state index in [1.165, 1.54) is 6.20 Å². The molecule has 6 heteroatoms. The van der Waals surface area contributed by atoms with Crippen molar-refractivity contribution in [2.45, 2.75) is 25.9 Å². The first kappa shape index (κ1) is 17.5. The van der Waals surface area contributed by atoms with E-state index >= 15 is 0 Å². The van der Waals surface area contributed by atoms with Crippen molar-refractivity contribution in [3.05, 3.63) is 59.8 Å². The third-order valence-corrected chi connectivity index (χ3v) is 3.33. The van der Waals surface area contributed by atoms with Gasteiger partial charge < -0.3 is 15.2 Å². The monoisotopic (exact) mass is 328 g/mol. The van der Waals surface area contributed by atoms with Crippen molar-refractivity contribution in [3.8, 4) is 5.88 Å². The number of aliphatic carboxylic acids is 1. The number of nitrogens with zero attached hydrogens (tertiary/aromatic N) is 1. The van der Waals surface area contributed by atoms with Crippen LogP contribution in [0.2, 0.25) is 0 Å². The lowest BCUT2D eigenvalue weighted by atomic mass is 10.2. The van der Waals surface area contributed by atoms with Crippen LogP contribution < -0.4 is 10.1 Å². The predicted molar refractivity (Wildman–Crippen MR) is 88.8 cm³/mol. The van der Waals surface area contributed by atoms with E-state index in [1.54, 1.807) is 12.1 Å². The van der Waals surface area contributed by atoms with E-state index in [9.17, 15) is 9.59 Å². The van der Waals surface area contributed by atoms with Gasteiger partial charge in [0.05, 0.1) is 5.56 Å². The van der Waals surface area contributed by atoms with Gasteiger partial charge >= 0.3 is 5.97 Å². The Morgan fingerprint density at radius 3 is 2.54 bits per heavy atom. The fourth-order valence-corrected chi connectivity index (χ4v) is 2.04. The Bertz CT molecular complexity index is 656. The lowest BCUT2D eigenvalue weighted by Gasteiger charge is -2.07. The average molecular weight is 328 g/mol. The highest BCUT2D eigenvalue weighted by atomic mass is 16.5. The van der Waals surface area contributed by atoms with Crippen LogP contribution in [0.4, 0.5) is 0 Å². The van der Waals surface area contributed by atoms with Gasteiger partial charge in [0.2, 0.25) is 5.88 Å². The molecule has 0 fully saturated rings. The second-order valence-corrected chi connectivity index (χ2v) is 5.27. The number of aromatic nitrogens is 1. The molecule has 0 aliphatic rings. The Hall–Kier alpha value is -2.89. The molecule has 0 unspecified atom stereocenters. The van der Waals surface area contributed by atoms with Crippen molar-refractivity contribution in [2.75, 3.05) is 6.54 Å². The van der Waals surface area contributed by atoms with Gasteiger partial charge in [-0.05, 0) is 24.5 Å². The zero-order chi connectivity index (χ0) is 17.2. The summed E-state index contributed by atoms with van der Waals surface area (Å²) in [5, 5.41) is 11.3. The maximum absolute atomic E-state index is 11.9. The topological polar surface area (TPSA) is 88.5 Å². The quantitative estimate of drug-likeness (QED) is 0.691. The predicted octanol–water partition coefficient (Wildman–Crippen LogP) is 2.65. The minimum Gasteiger partial charge on any atom is -0.481 e. The fourth-order valence-electron chi connectivity index (χ4n) is 2.04. The number of unbranched alkanes of at least 4 members (excludes halogenated alkanes) is 1. The molecule has 2 N–H and O–H groups in total. The van der Waals surface area contributed by atoms with Gasteiger partial charge in [-0.15, -0.1) is 0 Å². The SMILES string of the molecule is O=C(O)CCCCNC(=O)c1ccc(OCc2ccccc2)nc1. The van der Waals surface area contributed by atoms with Crippen LogP contribution in [0.5, 0.6) is 5.88 Å². The Morgan fingerprint density at radius 1 is 1.08 bits per heavy atom. The summed E-state index contributed by atoms with van der Waals surface area (Å²) in [6.45, 7) is 0.862. The normalized spacial score (nSPS) is 10.2. The number of hydrogen-bond donors (Lipinski definition) is 2. The molecule has 1 heterocycles. The smallest absolute Gasteiger partial charge is 0.303 e. The number of carboxylic acid groups (broad SMARTS) is 1. The van der Waals surface area contributed by atoms with Crippen molar-refractivity contribution in [2.24, 2.45) is 0 Å². The molecule has 0 spiro atoms. The van der Waals surface area contributed by atoms with Gasteiger partial charge in [0.25, 0.3) is 5.91 Å². The molecule has 2 rings (SSSR count). The highest BCUT2D eigenvalue weighted by Crippen LogP contribution is 2.10. The number of rotatable bonds is 9. The highest BCUT2D eigenvalue weighted by molar-refractivity contribution is 5.93. The molecule has 0 bridgehead atoms. The fraction of sp³-hybridized carbons (Fsp3) is 0.278. The lowest BCUT2D eigenvalue weighted by molar-refractivity contribution is -0.137. The Balaban J connectivity index is 1.74. The third kappa shape index (κ3) is 6.08. The number of amides is 1. The van der Waals surface area contributed by atoms with Crippen molar-refractivity contribution in [1.29, 1.82) is 0 Å². The number of pyridine rings is 1. The van der Waals surface area contributed by atoms with Crippen LogP contribution in [0.25, 0.3) is 0 Å². The molecular weight excluding hydrogens is 308 g/mol. The summed E-state index contributed by atoms with van der Waals surface area (Å²) in [5.74, 6) is -0.596. The molecule has 1 aromatic carbocycles. The lowest BCUT2D eigenvalue weighted by Crippen LogP contribution is -2.24. The summed E-state index contributed by atoms with van der Waals surface area (Å²) in [4.78, 5) is 26.4. The van der Waals surface area contributed by atoms with E-state index in [-0.39, 0.29) is 12.3 Å². The number of ether oxygens (including phenoxy) is 1. The minimum atomic E-state index is -0.823. The zero-order valence-electron chi connectivity index (χ0n) is 13.3. The molecule has 0 aliphatic heterocycles. The number of hydrogen-bond acceptors (Lipinski definition) is 4. The molecular formula is C18H20N2O4. The van der Waals surface area contributed by atoms with Gasteiger partial charge in [-0.1, -0.05) is 30.3 Å². The summed E-state index contributed by atoms with van der Waals surface area (Å²) in [6.07, 6.45) is 2.75. The number of nitrogens with one attached hydrogen (secondary N) is 1. The standard InChI is InChI=1S/C18H20N2O4/c21-17(22)8-4-5-11-19-18(23)15-9-10-16(20-12-15)24-13-14-6-2-1-3-7-14/h1-3,6-7,9-10,12H,4-5,8,11,13H2,(H,19,23)(H,21,22). The molecule has 6 nitrogen and oxygen atoms in total. The van der Waals surface area contributed by atoms with Crippen molar-refractivity contribution in [3.63, 3.8) is 0 Å². The molecule has 0 aliphatic carbocycles. The summed E-state index contributed by atoms with van der Waals surface area (Å²) in [6, 6.07) is 13.1. The Morgan fingerprint density at radius 2 is 1.88 bits per heavy atom. The third-order valence-electron chi connectivity index (χ3n) is 3.33. The average Bonchev–Trinajstić information content (AvgIpc) is 2.60. The van der Waals surface area contributed by atoms with Crippen LogP contribution in [0, 0.1) is 0 Å². The molecule has 0 atom stereocenters. The Kier molecular flexibility index (Phi) is 6.76. The van der Waals surface area contributed by atoms with E-state index in [4.69, 9.17) is 9.84 Å². The van der Waals surface area contributed by atoms with Crippen LogP contribution in [0.1, 0.15) is 35.2 Å². The van der Waals surface area contributed by atoms with Gasteiger partial charge in [0, 0.05) is 25.2 Å². The van der Waals surface area contributed by atoms with Gasteiger partial charge in [0.1, 0.15) is 6.61 Å². The van der Waals surface area contributed by atoms with Gasteiger partial charge in [-0.3, -0.25) is 9.59 Å². The van der Waals surface area contributed by atoms with Crippen LogP contribution in [-0.4, -0.2) is 28.5 Å². The second kappa shape index (κ2) is 9.29. The Labute approximate surface area is 140 Å². The zero-order valence-corrected chi connectivity index (χ0v) is 13.3. The van der Waals surface area contributed by atoms with Gasteiger partial charge in [-0.25, -0.2) is 4.98 Å². The molecule has 0 saturated heterocycles. The first-order chi connectivity index (χ1) is 11.6. The molecule has 1 amide bonds. The van der Waals surface area contributed by atoms with E-state index in [0.29, 0.717) is 37.4 Å². The molecule has 2 aromatic rings. The summed E-state index contributed by atoms with van der Waals surface area (Å²) < 4.78 is 5.56. The number of carbonyl (C=O) groups excluding carboxylic acids is 1. The van der Waals surface area contributed by atoms with Crippen molar-refractivity contribution >= 4 is 11.9 Å². The summed E-state index contributed by atoms with van der Waals surface area (Å²) >= 11 is 0.